The average molecular weight is 611 g/mol. The molecule has 0 saturated heterocycles. The van der Waals surface area contributed by atoms with Gasteiger partial charge in [-0.25, -0.2) is 0 Å². The van der Waals surface area contributed by atoms with Crippen molar-refractivity contribution in [2.75, 3.05) is 0 Å². The van der Waals surface area contributed by atoms with E-state index >= 15 is 0 Å². The smallest absolute Gasteiger partial charge is 0.136 e. The molecule has 0 bridgehead atoms. The molecule has 0 fully saturated rings. The molecule has 10 aromatic rings. The zero-order chi connectivity index (χ0) is 43.1. The van der Waals surface area contributed by atoms with Crippen molar-refractivity contribution in [3.05, 3.63) is 170 Å². The Hall–Kier alpha value is -6.18. The lowest BCUT2D eigenvalue weighted by atomic mass is 9.85. The Kier molecular flexibility index (Phi) is 3.44. The Morgan fingerprint density at radius 2 is 0.915 bits per heavy atom. The highest BCUT2D eigenvalue weighted by molar-refractivity contribution is 6.22. The lowest BCUT2D eigenvalue weighted by molar-refractivity contribution is 0.669. The molecule has 0 aliphatic carbocycles. The summed E-state index contributed by atoms with van der Waals surface area (Å²) in [6, 6.07) is 20.8. The number of rotatable bonds is 3. The van der Waals surface area contributed by atoms with Crippen LogP contribution in [-0.4, -0.2) is 0 Å². The fourth-order valence-corrected chi connectivity index (χ4v) is 6.64. The van der Waals surface area contributed by atoms with E-state index in [1.54, 1.807) is 12.1 Å². The zero-order valence-electron chi connectivity index (χ0n) is 38.5. The molecule has 0 aliphatic rings. The van der Waals surface area contributed by atoms with Crippen LogP contribution in [0.3, 0.4) is 0 Å². The third kappa shape index (κ3) is 4.10. The van der Waals surface area contributed by atoms with Crippen LogP contribution >= 0.6 is 0 Å². The third-order valence-corrected chi connectivity index (χ3v) is 8.73. The molecule has 1 heteroatoms. The maximum Gasteiger partial charge on any atom is 0.136 e. The topological polar surface area (TPSA) is 13.1 Å². The van der Waals surface area contributed by atoms with Crippen LogP contribution in [0, 0.1) is 0 Å². The summed E-state index contributed by atoms with van der Waals surface area (Å²) in [4.78, 5) is 0. The van der Waals surface area contributed by atoms with Crippen LogP contribution < -0.4 is 0 Å². The van der Waals surface area contributed by atoms with Crippen molar-refractivity contribution in [2.24, 2.45) is 0 Å². The van der Waals surface area contributed by atoms with Gasteiger partial charge in [-0.3, -0.25) is 0 Å². The fraction of sp³-hybridized carbons (Fsp3) is 0. The molecule has 0 unspecified atom stereocenters. The van der Waals surface area contributed by atoms with Gasteiger partial charge in [0, 0.05) is 10.8 Å². The van der Waals surface area contributed by atoms with Gasteiger partial charge in [0.25, 0.3) is 0 Å². The van der Waals surface area contributed by atoms with E-state index in [0.717, 1.165) is 32.7 Å². The molecule has 1 nitrogen and oxygen atoms in total. The standard InChI is InChI=1S/C46H28O/c1-2-10-29(11-3-1)32-18-19-34-25-35(21-20-33(34)24-32)45-38-14-6-8-16-40(38)46(41-17-9-7-15-39(41)45)36-22-23-37-42-26-30-12-4-5-13-31(30)27-44(42)47-43(37)28-36/h1-28H/i1D,2D,3D,4D,5D,10D,11D,12D,13D,22D,23D,26D,27D,28D. The van der Waals surface area contributed by atoms with E-state index in [-0.39, 0.29) is 80.1 Å². The van der Waals surface area contributed by atoms with Gasteiger partial charge in [0.05, 0.1) is 19.2 Å². The van der Waals surface area contributed by atoms with Crippen LogP contribution in [0.4, 0.5) is 0 Å². The van der Waals surface area contributed by atoms with E-state index in [4.69, 9.17) is 19.5 Å². The van der Waals surface area contributed by atoms with Crippen molar-refractivity contribution in [3.63, 3.8) is 0 Å². The molecule has 0 atom stereocenters. The Bertz CT molecular complexity index is 3560. The van der Waals surface area contributed by atoms with E-state index in [1.807, 2.05) is 72.8 Å². The minimum Gasteiger partial charge on any atom is -0.456 e. The Labute approximate surface area is 291 Å². The Morgan fingerprint density at radius 1 is 0.362 bits per heavy atom. The molecule has 47 heavy (non-hydrogen) atoms. The second kappa shape index (κ2) is 10.2. The first-order chi connectivity index (χ1) is 29.1. The van der Waals surface area contributed by atoms with Crippen molar-refractivity contribution in [1.29, 1.82) is 0 Å². The third-order valence-electron chi connectivity index (χ3n) is 8.73. The van der Waals surface area contributed by atoms with Crippen molar-refractivity contribution in [1.82, 2.24) is 0 Å². The summed E-state index contributed by atoms with van der Waals surface area (Å²) in [5, 5.41) is 4.03. The summed E-state index contributed by atoms with van der Waals surface area (Å²) in [5.41, 5.74) is 2.57. The van der Waals surface area contributed by atoms with E-state index in [2.05, 4.69) is 0 Å². The average Bonchev–Trinajstić information content (AvgIpc) is 3.68. The molecule has 0 saturated carbocycles. The maximum absolute atomic E-state index is 9.61. The molecular weight excluding hydrogens is 569 g/mol. The first-order valence-corrected chi connectivity index (χ1v) is 15.0. The highest BCUT2D eigenvalue weighted by Crippen LogP contribution is 2.45. The van der Waals surface area contributed by atoms with Gasteiger partial charge in [0.1, 0.15) is 11.2 Å². The molecule has 218 valence electrons. The van der Waals surface area contributed by atoms with Gasteiger partial charge >= 0.3 is 0 Å². The molecule has 0 radical (unpaired) electrons. The van der Waals surface area contributed by atoms with E-state index < -0.39 is 48.3 Å². The quantitative estimate of drug-likeness (QED) is 0.181. The van der Waals surface area contributed by atoms with Crippen LogP contribution in [0.25, 0.3) is 98.4 Å². The van der Waals surface area contributed by atoms with Crippen molar-refractivity contribution in [2.45, 2.75) is 0 Å². The van der Waals surface area contributed by atoms with Crippen molar-refractivity contribution >= 4 is 65.0 Å². The zero-order valence-corrected chi connectivity index (χ0v) is 24.5. The van der Waals surface area contributed by atoms with Crippen LogP contribution in [-0.2, 0) is 0 Å². The second-order valence-electron chi connectivity index (χ2n) is 11.4. The van der Waals surface area contributed by atoms with Gasteiger partial charge < -0.3 is 4.42 Å². The molecule has 1 aromatic heterocycles. The van der Waals surface area contributed by atoms with E-state index in [1.165, 1.54) is 0 Å². The molecular formula is C46H28O. The summed E-state index contributed by atoms with van der Waals surface area (Å²) < 4.78 is 127. The number of hydrogen-bond donors (Lipinski definition) is 0. The predicted octanol–water partition coefficient (Wildman–Crippen LogP) is 13.2. The Morgan fingerprint density at radius 3 is 1.60 bits per heavy atom. The van der Waals surface area contributed by atoms with Crippen LogP contribution in [0.1, 0.15) is 19.2 Å². The molecule has 0 amide bonds. The molecule has 9 aromatic carbocycles. The minimum absolute atomic E-state index is 0.0577. The predicted molar refractivity (Wildman–Crippen MR) is 200 cm³/mol. The largest absolute Gasteiger partial charge is 0.456 e. The summed E-state index contributed by atoms with van der Waals surface area (Å²) in [6.07, 6.45) is 0. The van der Waals surface area contributed by atoms with Crippen LogP contribution in [0.5, 0.6) is 0 Å². The van der Waals surface area contributed by atoms with E-state index in [9.17, 15) is 4.11 Å². The minimum atomic E-state index is -0.569. The van der Waals surface area contributed by atoms with Gasteiger partial charge in [-0.1, -0.05) is 133 Å². The highest BCUT2D eigenvalue weighted by Gasteiger charge is 2.18. The van der Waals surface area contributed by atoms with E-state index in [0.29, 0.717) is 21.9 Å². The molecule has 10 rings (SSSR count). The lowest BCUT2D eigenvalue weighted by Crippen LogP contribution is -1.91. The summed E-state index contributed by atoms with van der Waals surface area (Å²) in [7, 11) is 0. The summed E-state index contributed by atoms with van der Waals surface area (Å²) >= 11 is 0. The van der Waals surface area contributed by atoms with Gasteiger partial charge in [0.2, 0.25) is 0 Å². The van der Waals surface area contributed by atoms with Gasteiger partial charge in [-0.05, 0) is 113 Å². The van der Waals surface area contributed by atoms with Gasteiger partial charge in [-0.2, -0.15) is 0 Å². The first-order valence-electron chi connectivity index (χ1n) is 22.0. The second-order valence-corrected chi connectivity index (χ2v) is 11.4. The van der Waals surface area contributed by atoms with Crippen LogP contribution in [0.2, 0.25) is 0 Å². The molecule has 0 aliphatic heterocycles. The van der Waals surface area contributed by atoms with Crippen LogP contribution in [0.15, 0.2) is 174 Å². The number of fused-ring (bicyclic) bond motifs is 7. The van der Waals surface area contributed by atoms with Gasteiger partial charge in [0.15, 0.2) is 0 Å². The summed E-state index contributed by atoms with van der Waals surface area (Å²) in [5.74, 6) is 0. The monoisotopic (exact) mass is 610 g/mol. The lowest BCUT2D eigenvalue weighted by Gasteiger charge is -2.18. The SMILES string of the molecule is [2H]c1c([2H])c([2H])c(-c2ccc3cc(-c4c5ccccc5c(-c5c([2H])c([2H])c6c(oc7c([2H])c8c([2H])c([2H])c([2H])c([2H])c8c([2H])c76)c5[2H])c5ccccc45)ccc3c2)c([2H])c1[2H]. The summed E-state index contributed by atoms with van der Waals surface area (Å²) in [6.45, 7) is 0. The number of furan rings is 1. The Balaban J connectivity index is 1.22. The highest BCUT2D eigenvalue weighted by atomic mass is 16.3. The van der Waals surface area contributed by atoms with Crippen molar-refractivity contribution < 1.29 is 23.6 Å². The maximum atomic E-state index is 9.61. The number of benzene rings is 9. The molecule has 0 spiro atoms. The first kappa shape index (κ1) is 15.9. The van der Waals surface area contributed by atoms with Gasteiger partial charge in [-0.15, -0.1) is 0 Å². The normalized spacial score (nSPS) is 16.0. The molecule has 1 heterocycles. The van der Waals surface area contributed by atoms with Crippen molar-refractivity contribution in [3.8, 4) is 33.4 Å². The fourth-order valence-electron chi connectivity index (χ4n) is 6.64. The number of hydrogen-bond acceptors (Lipinski definition) is 1. The molecule has 0 N–H and O–H groups in total.